The van der Waals surface area contributed by atoms with Crippen molar-refractivity contribution in [2.45, 2.75) is 32.7 Å². The van der Waals surface area contributed by atoms with E-state index in [0.29, 0.717) is 13.2 Å². The fourth-order valence-electron chi connectivity index (χ4n) is 3.23. The summed E-state index contributed by atoms with van der Waals surface area (Å²) in [5.41, 5.74) is 3.39. The van der Waals surface area contributed by atoms with Crippen molar-refractivity contribution in [2.24, 2.45) is 5.41 Å². The van der Waals surface area contributed by atoms with Gasteiger partial charge in [0, 0.05) is 13.1 Å². The van der Waals surface area contributed by atoms with E-state index in [0.717, 1.165) is 25.8 Å². The van der Waals surface area contributed by atoms with Gasteiger partial charge in [-0.05, 0) is 36.5 Å². The van der Waals surface area contributed by atoms with Crippen molar-refractivity contribution in [2.75, 3.05) is 13.2 Å². The average molecular weight is 323 g/mol. The molecule has 0 spiro atoms. The van der Waals surface area contributed by atoms with Crippen LogP contribution in [0.15, 0.2) is 54.6 Å². The van der Waals surface area contributed by atoms with Crippen LogP contribution >= 0.6 is 0 Å². The lowest BCUT2D eigenvalue weighted by Crippen LogP contribution is -2.47. The molecule has 0 bridgehead atoms. The topological polar surface area (TPSA) is 38.3 Å². The molecule has 126 valence electrons. The molecule has 0 radical (unpaired) electrons. The predicted octanol–water partition coefficient (Wildman–Crippen LogP) is 4.18. The molecule has 24 heavy (non-hydrogen) atoms. The minimum Gasteiger partial charge on any atom is -0.466 e. The van der Waals surface area contributed by atoms with E-state index in [1.165, 1.54) is 16.7 Å². The van der Waals surface area contributed by atoms with Crippen molar-refractivity contribution in [1.29, 1.82) is 0 Å². The summed E-state index contributed by atoms with van der Waals surface area (Å²) in [6.45, 7) is 3.80. The van der Waals surface area contributed by atoms with Crippen molar-refractivity contribution in [3.8, 4) is 11.1 Å². The zero-order valence-corrected chi connectivity index (χ0v) is 14.3. The minimum absolute atomic E-state index is 0.0387. The number of benzene rings is 2. The Hall–Kier alpha value is -2.13. The van der Waals surface area contributed by atoms with Crippen LogP contribution in [0.2, 0.25) is 0 Å². The molecule has 3 heteroatoms. The number of rotatable bonds is 7. The van der Waals surface area contributed by atoms with Crippen LogP contribution in [0.3, 0.4) is 0 Å². The van der Waals surface area contributed by atoms with Crippen molar-refractivity contribution < 1.29 is 9.53 Å². The van der Waals surface area contributed by atoms with Crippen LogP contribution in [0.4, 0.5) is 0 Å². The number of esters is 1. The SMILES string of the molecule is CCOC(=O)C1(CNCc2ccc(-c3ccccc3)cc2)CCC1. The first-order chi connectivity index (χ1) is 11.7. The zero-order valence-electron chi connectivity index (χ0n) is 14.3. The molecule has 1 saturated carbocycles. The fourth-order valence-corrected chi connectivity index (χ4v) is 3.23. The highest BCUT2D eigenvalue weighted by Gasteiger charge is 2.44. The Balaban J connectivity index is 1.54. The Morgan fingerprint density at radius 1 is 1.04 bits per heavy atom. The molecule has 3 rings (SSSR count). The van der Waals surface area contributed by atoms with Gasteiger partial charge in [-0.2, -0.15) is 0 Å². The second-order valence-corrected chi connectivity index (χ2v) is 6.52. The highest BCUT2D eigenvalue weighted by Crippen LogP contribution is 2.41. The van der Waals surface area contributed by atoms with Crippen LogP contribution < -0.4 is 5.32 Å². The third-order valence-electron chi connectivity index (χ3n) is 4.87. The molecule has 2 aromatic carbocycles. The Labute approximate surface area is 144 Å². The quantitative estimate of drug-likeness (QED) is 0.777. The van der Waals surface area contributed by atoms with Gasteiger partial charge in [-0.15, -0.1) is 0 Å². The van der Waals surface area contributed by atoms with Gasteiger partial charge in [-0.3, -0.25) is 4.79 Å². The van der Waals surface area contributed by atoms with E-state index in [-0.39, 0.29) is 11.4 Å². The summed E-state index contributed by atoms with van der Waals surface area (Å²) in [5, 5.41) is 3.44. The highest BCUT2D eigenvalue weighted by atomic mass is 16.5. The lowest BCUT2D eigenvalue weighted by atomic mass is 9.68. The lowest BCUT2D eigenvalue weighted by molar-refractivity contribution is -0.160. The number of hydrogen-bond donors (Lipinski definition) is 1. The molecule has 0 heterocycles. The van der Waals surface area contributed by atoms with Gasteiger partial charge in [0.15, 0.2) is 0 Å². The van der Waals surface area contributed by atoms with E-state index >= 15 is 0 Å². The second-order valence-electron chi connectivity index (χ2n) is 6.52. The summed E-state index contributed by atoms with van der Waals surface area (Å²) in [6, 6.07) is 19.0. The van der Waals surface area contributed by atoms with E-state index in [2.05, 4.69) is 53.8 Å². The molecule has 0 atom stereocenters. The number of carbonyl (C=O) groups is 1. The molecule has 0 unspecified atom stereocenters. The number of ether oxygens (including phenoxy) is 1. The standard InChI is InChI=1S/C21H25NO2/c1-2-24-20(23)21(13-6-14-21)16-22-15-17-9-11-19(12-10-17)18-7-4-3-5-8-18/h3-5,7-12,22H,2,6,13-16H2,1H3. The van der Waals surface area contributed by atoms with Crippen LogP contribution in [-0.2, 0) is 16.1 Å². The summed E-state index contributed by atoms with van der Waals surface area (Å²) in [7, 11) is 0. The summed E-state index contributed by atoms with van der Waals surface area (Å²) in [4.78, 5) is 12.1. The molecule has 1 fully saturated rings. The number of nitrogens with one attached hydrogen (secondary N) is 1. The van der Waals surface area contributed by atoms with E-state index in [4.69, 9.17) is 4.74 Å². The largest absolute Gasteiger partial charge is 0.466 e. The molecule has 1 aliphatic carbocycles. The molecule has 3 nitrogen and oxygen atoms in total. The van der Waals surface area contributed by atoms with Crippen LogP contribution in [0.5, 0.6) is 0 Å². The summed E-state index contributed by atoms with van der Waals surface area (Å²) in [6.07, 6.45) is 2.99. The van der Waals surface area contributed by atoms with Crippen molar-refractivity contribution >= 4 is 5.97 Å². The monoisotopic (exact) mass is 323 g/mol. The maximum Gasteiger partial charge on any atom is 0.313 e. The summed E-state index contributed by atoms with van der Waals surface area (Å²) >= 11 is 0. The maximum absolute atomic E-state index is 12.1. The van der Waals surface area contributed by atoms with Gasteiger partial charge in [-0.25, -0.2) is 0 Å². The third kappa shape index (κ3) is 3.68. The van der Waals surface area contributed by atoms with E-state index in [9.17, 15) is 4.79 Å². The van der Waals surface area contributed by atoms with Gasteiger partial charge in [0.05, 0.1) is 12.0 Å². The van der Waals surface area contributed by atoms with Crippen LogP contribution in [-0.4, -0.2) is 19.1 Å². The zero-order chi connectivity index (χ0) is 16.8. The Bertz CT molecular complexity index is 660. The molecular formula is C21H25NO2. The Morgan fingerprint density at radius 3 is 2.29 bits per heavy atom. The summed E-state index contributed by atoms with van der Waals surface area (Å²) in [5.74, 6) is -0.0387. The first-order valence-electron chi connectivity index (χ1n) is 8.76. The molecule has 0 saturated heterocycles. The van der Waals surface area contributed by atoms with Gasteiger partial charge in [-0.1, -0.05) is 61.0 Å². The Kier molecular flexibility index (Phi) is 5.31. The molecule has 0 amide bonds. The minimum atomic E-state index is -0.292. The molecular weight excluding hydrogens is 298 g/mol. The smallest absolute Gasteiger partial charge is 0.313 e. The lowest BCUT2D eigenvalue weighted by Gasteiger charge is -2.39. The molecule has 0 aliphatic heterocycles. The molecule has 2 aromatic rings. The van der Waals surface area contributed by atoms with Gasteiger partial charge < -0.3 is 10.1 Å². The van der Waals surface area contributed by atoms with Gasteiger partial charge in [0.25, 0.3) is 0 Å². The molecule has 0 aromatic heterocycles. The summed E-state index contributed by atoms with van der Waals surface area (Å²) < 4.78 is 5.24. The first-order valence-corrected chi connectivity index (χ1v) is 8.76. The van der Waals surface area contributed by atoms with Crippen molar-refractivity contribution in [1.82, 2.24) is 5.32 Å². The van der Waals surface area contributed by atoms with Crippen LogP contribution in [0.1, 0.15) is 31.7 Å². The second kappa shape index (κ2) is 7.63. The van der Waals surface area contributed by atoms with E-state index < -0.39 is 0 Å². The first kappa shape index (κ1) is 16.7. The molecule has 1 N–H and O–H groups in total. The fraction of sp³-hybridized carbons (Fsp3) is 0.381. The van der Waals surface area contributed by atoms with Crippen molar-refractivity contribution in [3.05, 3.63) is 60.2 Å². The van der Waals surface area contributed by atoms with Gasteiger partial charge in [0.1, 0.15) is 0 Å². The number of hydrogen-bond acceptors (Lipinski definition) is 3. The average Bonchev–Trinajstić information content (AvgIpc) is 2.59. The molecule has 1 aliphatic rings. The van der Waals surface area contributed by atoms with E-state index in [1.807, 2.05) is 13.0 Å². The van der Waals surface area contributed by atoms with Gasteiger partial charge in [0.2, 0.25) is 0 Å². The predicted molar refractivity (Wildman–Crippen MR) is 96.5 cm³/mol. The Morgan fingerprint density at radius 2 is 1.71 bits per heavy atom. The van der Waals surface area contributed by atoms with E-state index in [1.54, 1.807) is 0 Å². The third-order valence-corrected chi connectivity index (χ3v) is 4.87. The van der Waals surface area contributed by atoms with Gasteiger partial charge >= 0.3 is 5.97 Å². The van der Waals surface area contributed by atoms with Crippen molar-refractivity contribution in [3.63, 3.8) is 0 Å². The number of carbonyl (C=O) groups excluding carboxylic acids is 1. The highest BCUT2D eigenvalue weighted by molar-refractivity contribution is 5.78. The maximum atomic E-state index is 12.1. The van der Waals surface area contributed by atoms with Crippen LogP contribution in [0.25, 0.3) is 11.1 Å². The van der Waals surface area contributed by atoms with Crippen LogP contribution in [0, 0.1) is 5.41 Å². The normalized spacial score (nSPS) is 15.5.